The van der Waals surface area contributed by atoms with Crippen molar-refractivity contribution in [2.45, 2.75) is 32.1 Å². The number of fused-ring (bicyclic) bond motifs is 1. The van der Waals surface area contributed by atoms with Crippen LogP contribution in [0.2, 0.25) is 5.82 Å². The van der Waals surface area contributed by atoms with E-state index in [1.54, 1.807) is 42.2 Å². The number of aromatic nitrogens is 2. The summed E-state index contributed by atoms with van der Waals surface area (Å²) in [6.45, 7) is 2.14. The van der Waals surface area contributed by atoms with Crippen molar-refractivity contribution in [3.8, 4) is 5.75 Å². The van der Waals surface area contributed by atoms with Crippen molar-refractivity contribution in [1.29, 1.82) is 0 Å². The number of nitrogens with zero attached hydrogens (tertiary/aromatic N) is 2. The second kappa shape index (κ2) is 7.52. The lowest BCUT2D eigenvalue weighted by molar-refractivity contribution is -0.120. The van der Waals surface area contributed by atoms with E-state index < -0.39 is 13.1 Å². The van der Waals surface area contributed by atoms with Crippen LogP contribution >= 0.6 is 0 Å². The number of ketones is 1. The van der Waals surface area contributed by atoms with Crippen LogP contribution in [0.4, 0.5) is 0 Å². The summed E-state index contributed by atoms with van der Waals surface area (Å²) in [7, 11) is -1.15. The molecular formula is C17H19BN2O5. The first-order valence-electron chi connectivity index (χ1n) is 8.21. The van der Waals surface area contributed by atoms with Crippen LogP contribution in [0.3, 0.4) is 0 Å². The predicted molar refractivity (Wildman–Crippen MR) is 90.3 cm³/mol. The van der Waals surface area contributed by atoms with Crippen LogP contribution in [-0.2, 0) is 22.5 Å². The van der Waals surface area contributed by atoms with E-state index >= 15 is 0 Å². The molecule has 0 radical (unpaired) electrons. The quantitative estimate of drug-likeness (QED) is 0.632. The van der Waals surface area contributed by atoms with Gasteiger partial charge < -0.3 is 14.4 Å². The number of benzene rings is 1. The Morgan fingerprint density at radius 2 is 2.28 bits per heavy atom. The third kappa shape index (κ3) is 3.91. The van der Waals surface area contributed by atoms with Crippen molar-refractivity contribution >= 4 is 18.9 Å². The van der Waals surface area contributed by atoms with Gasteiger partial charge >= 0.3 is 13.1 Å². The zero-order valence-corrected chi connectivity index (χ0v) is 13.9. The molecule has 1 aliphatic heterocycles. The van der Waals surface area contributed by atoms with Gasteiger partial charge in [-0.1, -0.05) is 12.1 Å². The molecule has 0 bridgehead atoms. The molecule has 25 heavy (non-hydrogen) atoms. The van der Waals surface area contributed by atoms with Gasteiger partial charge in [0.05, 0.1) is 13.2 Å². The van der Waals surface area contributed by atoms with Gasteiger partial charge in [-0.2, -0.15) is 5.10 Å². The van der Waals surface area contributed by atoms with E-state index in [4.69, 9.17) is 9.39 Å². The second-order valence-corrected chi connectivity index (χ2v) is 5.93. The fourth-order valence-electron chi connectivity index (χ4n) is 2.96. The third-order valence-corrected chi connectivity index (χ3v) is 4.10. The van der Waals surface area contributed by atoms with Gasteiger partial charge in [-0.15, -0.1) is 0 Å². The lowest BCUT2D eigenvalue weighted by atomic mass is 9.64. The van der Waals surface area contributed by atoms with E-state index in [2.05, 4.69) is 5.10 Å². The summed E-state index contributed by atoms with van der Waals surface area (Å²) in [6.07, 6.45) is 3.95. The fourth-order valence-corrected chi connectivity index (χ4v) is 2.96. The maximum Gasteiger partial charge on any atom is 0.526 e. The maximum absolute atomic E-state index is 12.2. The van der Waals surface area contributed by atoms with E-state index in [0.29, 0.717) is 17.7 Å². The largest absolute Gasteiger partial charge is 0.535 e. The van der Waals surface area contributed by atoms with Gasteiger partial charge in [-0.3, -0.25) is 9.48 Å². The lowest BCUT2D eigenvalue weighted by Gasteiger charge is -2.28. The minimum absolute atomic E-state index is 0.0404. The highest BCUT2D eigenvalue weighted by atomic mass is 16.5. The number of rotatable bonds is 6. The van der Waals surface area contributed by atoms with E-state index in [1.165, 1.54) is 0 Å². The van der Waals surface area contributed by atoms with Gasteiger partial charge in [0.1, 0.15) is 11.3 Å². The normalized spacial score (nSPS) is 16.1. The van der Waals surface area contributed by atoms with E-state index in [-0.39, 0.29) is 31.2 Å². The Labute approximate surface area is 145 Å². The number of carbonyl (C=O) groups excluding carboxylic acids is 2. The van der Waals surface area contributed by atoms with Crippen LogP contribution in [0.25, 0.3) is 0 Å². The predicted octanol–water partition coefficient (Wildman–Crippen LogP) is 1.50. The first-order valence-corrected chi connectivity index (χ1v) is 8.21. The SMILES string of the molecule is CCOC(=O)c1cccc2c1OB(O)[C@@H](CC(=O)Cn1cccn1)C2. The van der Waals surface area contributed by atoms with Crippen LogP contribution < -0.4 is 4.65 Å². The number of ether oxygens (including phenoxy) is 1. The Bertz CT molecular complexity index is 762. The summed E-state index contributed by atoms with van der Waals surface area (Å²) in [5, 5.41) is 14.3. The smallest absolute Gasteiger partial charge is 0.526 e. The molecule has 7 nitrogen and oxygen atoms in total. The van der Waals surface area contributed by atoms with Crippen molar-refractivity contribution < 1.29 is 24.0 Å². The molecule has 2 heterocycles. The second-order valence-electron chi connectivity index (χ2n) is 5.93. The number of hydrogen-bond donors (Lipinski definition) is 1. The minimum Gasteiger partial charge on any atom is -0.535 e. The highest BCUT2D eigenvalue weighted by Gasteiger charge is 2.37. The van der Waals surface area contributed by atoms with Crippen molar-refractivity contribution in [3.63, 3.8) is 0 Å². The van der Waals surface area contributed by atoms with Crippen molar-refractivity contribution in [2.75, 3.05) is 6.61 Å². The first kappa shape index (κ1) is 17.2. The molecule has 3 rings (SSSR count). The highest BCUT2D eigenvalue weighted by molar-refractivity contribution is 6.47. The standard InChI is InChI=1S/C17H19BN2O5/c1-2-24-17(22)15-6-3-5-12-9-13(18(23)25-16(12)15)10-14(21)11-20-8-4-7-19-20/h3-8,13,23H,2,9-11H2,1H3/t13-/m1/s1. The van der Waals surface area contributed by atoms with Gasteiger partial charge in [0.15, 0.2) is 5.78 Å². The summed E-state index contributed by atoms with van der Waals surface area (Å²) >= 11 is 0. The Balaban J connectivity index is 1.72. The van der Waals surface area contributed by atoms with E-state index in [9.17, 15) is 14.6 Å². The minimum atomic E-state index is -1.15. The molecule has 0 amide bonds. The van der Waals surface area contributed by atoms with E-state index in [0.717, 1.165) is 5.56 Å². The molecule has 0 aliphatic carbocycles. The molecule has 0 saturated carbocycles. The molecule has 8 heteroatoms. The van der Waals surface area contributed by atoms with Gasteiger partial charge in [0.2, 0.25) is 0 Å². The number of Topliss-reactive ketones (excluding diaryl/α,β-unsaturated/α-hetero) is 1. The van der Waals surface area contributed by atoms with Gasteiger partial charge in [0, 0.05) is 24.6 Å². The number of hydrogen-bond acceptors (Lipinski definition) is 6. The maximum atomic E-state index is 12.2. The Morgan fingerprint density at radius 3 is 3.00 bits per heavy atom. The highest BCUT2D eigenvalue weighted by Crippen LogP contribution is 2.36. The van der Waals surface area contributed by atoms with Crippen LogP contribution in [-0.4, -0.2) is 40.3 Å². The Morgan fingerprint density at radius 1 is 1.44 bits per heavy atom. The summed E-state index contributed by atoms with van der Waals surface area (Å²) in [5.74, 6) is -0.557. The molecule has 1 aliphatic rings. The van der Waals surface area contributed by atoms with Crippen LogP contribution in [0.1, 0.15) is 29.3 Å². The number of carbonyl (C=O) groups is 2. The average molecular weight is 342 g/mol. The molecule has 0 spiro atoms. The monoisotopic (exact) mass is 342 g/mol. The van der Waals surface area contributed by atoms with Gasteiger partial charge in [-0.05, 0) is 31.0 Å². The molecule has 1 aromatic carbocycles. The molecule has 2 aromatic rings. The van der Waals surface area contributed by atoms with Crippen LogP contribution in [0.5, 0.6) is 5.75 Å². The molecule has 1 atom stereocenters. The Kier molecular flexibility index (Phi) is 5.18. The van der Waals surface area contributed by atoms with Crippen molar-refractivity contribution in [3.05, 3.63) is 47.8 Å². The van der Waals surface area contributed by atoms with Gasteiger partial charge in [0.25, 0.3) is 0 Å². The molecule has 0 unspecified atom stereocenters. The molecule has 0 saturated heterocycles. The molecule has 0 fully saturated rings. The summed E-state index contributed by atoms with van der Waals surface area (Å²) in [6, 6.07) is 6.93. The number of esters is 1. The average Bonchev–Trinajstić information content (AvgIpc) is 3.08. The molecule has 1 N–H and O–H groups in total. The van der Waals surface area contributed by atoms with Crippen molar-refractivity contribution in [2.24, 2.45) is 0 Å². The van der Waals surface area contributed by atoms with Crippen LogP contribution in [0, 0.1) is 0 Å². The Hall–Kier alpha value is -2.61. The van der Waals surface area contributed by atoms with Crippen molar-refractivity contribution in [1.82, 2.24) is 9.78 Å². The molecule has 130 valence electrons. The lowest BCUT2D eigenvalue weighted by Crippen LogP contribution is -2.36. The fraction of sp³-hybridized carbons (Fsp3) is 0.353. The molecule has 1 aromatic heterocycles. The zero-order valence-electron chi connectivity index (χ0n) is 13.9. The summed E-state index contributed by atoms with van der Waals surface area (Å²) < 4.78 is 12.1. The first-order chi connectivity index (χ1) is 12.1. The van der Waals surface area contributed by atoms with E-state index in [1.807, 2.05) is 6.07 Å². The molecular weight excluding hydrogens is 323 g/mol. The summed E-state index contributed by atoms with van der Waals surface area (Å²) in [5.41, 5.74) is 1.08. The van der Waals surface area contributed by atoms with Gasteiger partial charge in [-0.25, -0.2) is 4.79 Å². The topological polar surface area (TPSA) is 90.7 Å². The summed E-state index contributed by atoms with van der Waals surface area (Å²) in [4.78, 5) is 24.2. The van der Waals surface area contributed by atoms with Crippen LogP contribution in [0.15, 0.2) is 36.7 Å². The number of para-hydroxylation sites is 1. The third-order valence-electron chi connectivity index (χ3n) is 4.10. The zero-order chi connectivity index (χ0) is 17.8.